The molecule has 6 heteroatoms. The van der Waals surface area contributed by atoms with Gasteiger partial charge in [0.1, 0.15) is 5.75 Å². The Labute approximate surface area is 173 Å². The topological polar surface area (TPSA) is 75.4 Å². The maximum absolute atomic E-state index is 13.3. The number of hydrogen-bond acceptors (Lipinski definition) is 5. The molecule has 1 aliphatic carbocycles. The molecule has 2 atom stereocenters. The number of aromatic hydroxyl groups is 1. The van der Waals surface area contributed by atoms with Crippen molar-refractivity contribution in [3.05, 3.63) is 87.2 Å². The Morgan fingerprint density at radius 3 is 2.48 bits per heavy atom. The van der Waals surface area contributed by atoms with Gasteiger partial charge < -0.3 is 14.9 Å². The summed E-state index contributed by atoms with van der Waals surface area (Å²) in [5, 5.41) is 17.7. The van der Waals surface area contributed by atoms with Gasteiger partial charge in [-0.05, 0) is 54.7 Å². The normalized spacial score (nSPS) is 20.8. The van der Waals surface area contributed by atoms with Crippen molar-refractivity contribution in [3.63, 3.8) is 0 Å². The van der Waals surface area contributed by atoms with Crippen LogP contribution in [0, 0.1) is 6.92 Å². The van der Waals surface area contributed by atoms with E-state index < -0.39 is 0 Å². The number of phenolic OH excluding ortho intramolecular Hbond substituents is 1. The van der Waals surface area contributed by atoms with E-state index in [1.165, 1.54) is 0 Å². The molecule has 0 saturated heterocycles. The number of halogens is 1. The van der Waals surface area contributed by atoms with Crippen LogP contribution in [-0.4, -0.2) is 16.0 Å². The maximum atomic E-state index is 13.3. The summed E-state index contributed by atoms with van der Waals surface area (Å²) in [5.41, 5.74) is 5.36. The number of rotatable bonds is 2. The van der Waals surface area contributed by atoms with Crippen LogP contribution in [0.1, 0.15) is 47.1 Å². The largest absolute Gasteiger partial charge is 0.508 e. The van der Waals surface area contributed by atoms with Gasteiger partial charge in [0.2, 0.25) is 5.88 Å². The zero-order valence-corrected chi connectivity index (χ0v) is 16.5. The van der Waals surface area contributed by atoms with E-state index in [1.54, 1.807) is 12.1 Å². The monoisotopic (exact) mass is 406 g/mol. The van der Waals surface area contributed by atoms with E-state index in [0.717, 1.165) is 33.7 Å². The quantitative estimate of drug-likeness (QED) is 0.604. The zero-order valence-electron chi connectivity index (χ0n) is 15.8. The van der Waals surface area contributed by atoms with E-state index in [0.29, 0.717) is 23.7 Å². The second-order valence-corrected chi connectivity index (χ2v) is 8.07. The lowest BCUT2D eigenvalue weighted by atomic mass is 9.72. The molecule has 2 aliphatic rings. The van der Waals surface area contributed by atoms with E-state index in [4.69, 9.17) is 16.1 Å². The number of phenols is 1. The summed E-state index contributed by atoms with van der Waals surface area (Å²) < 4.78 is 5.54. The van der Waals surface area contributed by atoms with Crippen LogP contribution in [0.3, 0.4) is 0 Å². The summed E-state index contributed by atoms with van der Waals surface area (Å²) in [6.07, 6.45) is 1.12. The summed E-state index contributed by atoms with van der Waals surface area (Å²) in [7, 11) is 0. The number of ketones is 1. The highest BCUT2D eigenvalue weighted by molar-refractivity contribution is 6.30. The fourth-order valence-electron chi connectivity index (χ4n) is 4.44. The van der Waals surface area contributed by atoms with Crippen LogP contribution < -0.4 is 5.32 Å². The van der Waals surface area contributed by atoms with Crippen molar-refractivity contribution in [1.29, 1.82) is 0 Å². The highest BCUT2D eigenvalue weighted by Gasteiger charge is 2.41. The molecule has 2 aromatic carbocycles. The number of fused-ring (bicyclic) bond motifs is 1. The highest BCUT2D eigenvalue weighted by atomic mass is 35.5. The minimum Gasteiger partial charge on any atom is -0.508 e. The Morgan fingerprint density at radius 1 is 1.07 bits per heavy atom. The van der Waals surface area contributed by atoms with E-state index in [-0.39, 0.29) is 23.4 Å². The van der Waals surface area contributed by atoms with E-state index in [9.17, 15) is 9.90 Å². The van der Waals surface area contributed by atoms with Crippen molar-refractivity contribution in [2.24, 2.45) is 0 Å². The van der Waals surface area contributed by atoms with Gasteiger partial charge in [-0.1, -0.05) is 41.0 Å². The standard InChI is InChI=1S/C23H19ClN2O3/c1-12-20-21(14-2-6-16(24)7-3-14)22-18(25-23(20)29-26-12)10-15(11-19(22)28)13-4-8-17(27)9-5-13/h2-9,15,21,25,27H,10-11H2,1H3/t15-,21+/m0/s1. The number of nitrogens with one attached hydrogen (secondary N) is 1. The van der Waals surface area contributed by atoms with Crippen molar-refractivity contribution in [1.82, 2.24) is 5.16 Å². The van der Waals surface area contributed by atoms with Gasteiger partial charge in [0, 0.05) is 28.6 Å². The number of nitrogens with zero attached hydrogens (tertiary/aromatic N) is 1. The number of aromatic nitrogens is 1. The van der Waals surface area contributed by atoms with Gasteiger partial charge in [0.25, 0.3) is 0 Å². The lowest BCUT2D eigenvalue weighted by Gasteiger charge is -2.34. The van der Waals surface area contributed by atoms with E-state index >= 15 is 0 Å². The molecular weight excluding hydrogens is 388 g/mol. The first kappa shape index (κ1) is 18.0. The van der Waals surface area contributed by atoms with E-state index in [1.807, 2.05) is 43.3 Å². The Morgan fingerprint density at radius 2 is 1.76 bits per heavy atom. The Hall–Kier alpha value is -3.05. The van der Waals surface area contributed by atoms with Gasteiger partial charge in [0.15, 0.2) is 5.78 Å². The highest BCUT2D eigenvalue weighted by Crippen LogP contribution is 2.49. The number of allylic oxidation sites excluding steroid dienone is 2. The molecule has 1 aliphatic heterocycles. The van der Waals surface area contributed by atoms with Crippen molar-refractivity contribution in [3.8, 4) is 5.75 Å². The summed E-state index contributed by atoms with van der Waals surface area (Å²) in [5.74, 6) is 0.753. The lowest BCUT2D eigenvalue weighted by Crippen LogP contribution is -2.29. The van der Waals surface area contributed by atoms with Crippen LogP contribution in [0.5, 0.6) is 5.75 Å². The Kier molecular flexibility index (Phi) is 4.21. The molecule has 2 N–H and O–H groups in total. The maximum Gasteiger partial charge on any atom is 0.233 e. The SMILES string of the molecule is Cc1noc2c1[C@@H](c1ccc(Cl)cc1)C1=C(C[C@H](c3ccc(O)cc3)CC1=O)N2. The first-order valence-corrected chi connectivity index (χ1v) is 9.93. The summed E-state index contributed by atoms with van der Waals surface area (Å²) >= 11 is 6.09. The smallest absolute Gasteiger partial charge is 0.233 e. The molecule has 0 fully saturated rings. The van der Waals surface area contributed by atoms with Crippen LogP contribution in [0.2, 0.25) is 5.02 Å². The van der Waals surface area contributed by atoms with Gasteiger partial charge >= 0.3 is 0 Å². The van der Waals surface area contributed by atoms with Crippen molar-refractivity contribution < 1.29 is 14.4 Å². The second-order valence-electron chi connectivity index (χ2n) is 7.63. The van der Waals surface area contributed by atoms with Gasteiger partial charge in [0.05, 0.1) is 11.3 Å². The van der Waals surface area contributed by atoms with Gasteiger partial charge in [-0.3, -0.25) is 4.79 Å². The van der Waals surface area contributed by atoms with Crippen LogP contribution >= 0.6 is 11.6 Å². The molecule has 0 spiro atoms. The van der Waals surface area contributed by atoms with Gasteiger partial charge in [-0.15, -0.1) is 0 Å². The number of Topliss-reactive ketones (excluding diaryl/α,β-unsaturated/α-hetero) is 1. The lowest BCUT2D eigenvalue weighted by molar-refractivity contribution is -0.116. The molecular formula is C23H19ClN2O3. The van der Waals surface area contributed by atoms with Gasteiger partial charge in [-0.2, -0.15) is 0 Å². The molecule has 5 rings (SSSR count). The number of carbonyl (C=O) groups is 1. The molecule has 0 unspecified atom stereocenters. The first-order chi connectivity index (χ1) is 14.0. The fourth-order valence-corrected chi connectivity index (χ4v) is 4.57. The van der Waals surface area contributed by atoms with Crippen LogP contribution in [0.25, 0.3) is 0 Å². The number of carbonyl (C=O) groups excluding carboxylic acids is 1. The van der Waals surface area contributed by atoms with Crippen LogP contribution in [0.15, 0.2) is 64.3 Å². The number of aryl methyl sites for hydroxylation is 1. The number of anilines is 1. The summed E-state index contributed by atoms with van der Waals surface area (Å²) in [4.78, 5) is 13.3. The first-order valence-electron chi connectivity index (χ1n) is 9.55. The van der Waals surface area contributed by atoms with Crippen LogP contribution in [0.4, 0.5) is 5.88 Å². The third kappa shape index (κ3) is 3.02. The summed E-state index contributed by atoms with van der Waals surface area (Å²) in [6.45, 7) is 1.89. The third-order valence-electron chi connectivity index (χ3n) is 5.83. The number of benzene rings is 2. The Bertz CT molecular complexity index is 1130. The molecule has 29 heavy (non-hydrogen) atoms. The third-order valence-corrected chi connectivity index (χ3v) is 6.08. The molecule has 0 radical (unpaired) electrons. The second kappa shape index (κ2) is 6.78. The molecule has 0 bridgehead atoms. The van der Waals surface area contributed by atoms with Crippen molar-refractivity contribution in [2.45, 2.75) is 31.6 Å². The van der Waals surface area contributed by atoms with E-state index in [2.05, 4.69) is 10.5 Å². The summed E-state index contributed by atoms with van der Waals surface area (Å²) in [6, 6.07) is 14.7. The van der Waals surface area contributed by atoms with Crippen molar-refractivity contribution in [2.75, 3.05) is 5.32 Å². The zero-order chi connectivity index (χ0) is 20.1. The van der Waals surface area contributed by atoms with Crippen molar-refractivity contribution >= 4 is 23.3 Å². The Balaban J connectivity index is 1.61. The predicted molar refractivity (Wildman–Crippen MR) is 110 cm³/mol. The molecule has 5 nitrogen and oxygen atoms in total. The average molecular weight is 407 g/mol. The minimum absolute atomic E-state index is 0.0470. The predicted octanol–water partition coefficient (Wildman–Crippen LogP) is 5.30. The average Bonchev–Trinajstić information content (AvgIpc) is 3.08. The molecule has 0 saturated carbocycles. The fraction of sp³-hybridized carbons (Fsp3) is 0.217. The van der Waals surface area contributed by atoms with Gasteiger partial charge in [-0.25, -0.2) is 0 Å². The minimum atomic E-state index is -0.224. The number of hydrogen-bond donors (Lipinski definition) is 2. The molecule has 3 aromatic rings. The molecule has 146 valence electrons. The molecule has 1 aromatic heterocycles. The molecule has 2 heterocycles. The van der Waals surface area contributed by atoms with Crippen LogP contribution in [-0.2, 0) is 4.79 Å². The molecule has 0 amide bonds.